The highest BCUT2D eigenvalue weighted by Gasteiger charge is 2.07. The van der Waals surface area contributed by atoms with Gasteiger partial charge in [-0.25, -0.2) is 4.98 Å². The molecule has 19 heavy (non-hydrogen) atoms. The summed E-state index contributed by atoms with van der Waals surface area (Å²) in [5, 5.41) is 10.1. The number of fused-ring (bicyclic) bond motifs is 1. The Kier molecular flexibility index (Phi) is 4.74. The second-order valence-corrected chi connectivity index (χ2v) is 4.55. The van der Waals surface area contributed by atoms with Crippen molar-refractivity contribution in [2.75, 3.05) is 6.61 Å². The summed E-state index contributed by atoms with van der Waals surface area (Å²) in [5.74, 6) is 0.456. The Morgan fingerprint density at radius 1 is 1.21 bits per heavy atom. The standard InChI is InChI=1S/C16H18N2O/c1-2-3-4-7-10-19-16-14(12-17)11-13-8-5-6-9-15(13)18-16/h5-6,8-9,11H,2-4,7,10H2,1H3. The fourth-order valence-electron chi connectivity index (χ4n) is 1.99. The first kappa shape index (κ1) is 13.4. The van der Waals surface area contributed by atoms with Gasteiger partial charge in [0, 0.05) is 5.39 Å². The van der Waals surface area contributed by atoms with Gasteiger partial charge in [-0.3, -0.25) is 0 Å². The highest BCUT2D eigenvalue weighted by molar-refractivity contribution is 5.80. The summed E-state index contributed by atoms with van der Waals surface area (Å²) in [5.41, 5.74) is 1.37. The number of rotatable bonds is 6. The number of pyridine rings is 1. The molecule has 3 nitrogen and oxygen atoms in total. The number of nitrogens with zero attached hydrogens (tertiary/aromatic N) is 2. The lowest BCUT2D eigenvalue weighted by Gasteiger charge is -2.08. The summed E-state index contributed by atoms with van der Waals surface area (Å²) in [6.07, 6.45) is 4.59. The lowest BCUT2D eigenvalue weighted by atomic mass is 10.1. The second kappa shape index (κ2) is 6.75. The van der Waals surface area contributed by atoms with Crippen molar-refractivity contribution in [3.05, 3.63) is 35.9 Å². The normalized spacial score (nSPS) is 10.3. The predicted molar refractivity (Wildman–Crippen MR) is 76.1 cm³/mol. The van der Waals surface area contributed by atoms with E-state index in [0.717, 1.165) is 23.7 Å². The number of nitriles is 1. The van der Waals surface area contributed by atoms with Crippen molar-refractivity contribution in [3.8, 4) is 11.9 Å². The van der Waals surface area contributed by atoms with Gasteiger partial charge >= 0.3 is 0 Å². The Bertz CT molecular complexity index is 587. The average molecular weight is 254 g/mol. The summed E-state index contributed by atoms with van der Waals surface area (Å²) in [7, 11) is 0. The van der Waals surface area contributed by atoms with Gasteiger partial charge in [-0.15, -0.1) is 0 Å². The minimum Gasteiger partial charge on any atom is -0.477 e. The van der Waals surface area contributed by atoms with E-state index in [-0.39, 0.29) is 0 Å². The monoisotopic (exact) mass is 254 g/mol. The fraction of sp³-hybridized carbons (Fsp3) is 0.375. The second-order valence-electron chi connectivity index (χ2n) is 4.55. The van der Waals surface area contributed by atoms with Crippen LogP contribution in [0.15, 0.2) is 30.3 Å². The van der Waals surface area contributed by atoms with Crippen LogP contribution in [-0.2, 0) is 0 Å². The average Bonchev–Trinajstić information content (AvgIpc) is 2.46. The molecule has 1 heterocycles. The Labute approximate surface area is 113 Å². The Hall–Kier alpha value is -2.08. The Balaban J connectivity index is 2.10. The van der Waals surface area contributed by atoms with Gasteiger partial charge in [0.15, 0.2) is 0 Å². The molecule has 1 aromatic heterocycles. The van der Waals surface area contributed by atoms with Crippen LogP contribution in [0, 0.1) is 11.3 Å². The molecule has 0 fully saturated rings. The van der Waals surface area contributed by atoms with Gasteiger partial charge in [0.2, 0.25) is 5.88 Å². The maximum absolute atomic E-state index is 9.15. The highest BCUT2D eigenvalue weighted by atomic mass is 16.5. The maximum atomic E-state index is 9.15. The number of para-hydroxylation sites is 1. The van der Waals surface area contributed by atoms with Gasteiger partial charge in [0.05, 0.1) is 12.1 Å². The fourth-order valence-corrected chi connectivity index (χ4v) is 1.99. The molecule has 0 amide bonds. The number of unbranched alkanes of at least 4 members (excludes halogenated alkanes) is 3. The molecule has 0 unspecified atom stereocenters. The quantitative estimate of drug-likeness (QED) is 0.730. The van der Waals surface area contributed by atoms with Crippen LogP contribution in [0.3, 0.4) is 0 Å². The number of hydrogen-bond acceptors (Lipinski definition) is 3. The molecular formula is C16H18N2O. The molecule has 1 aromatic carbocycles. The van der Waals surface area contributed by atoms with E-state index >= 15 is 0 Å². The molecule has 0 saturated carbocycles. The van der Waals surface area contributed by atoms with Crippen molar-refractivity contribution in [3.63, 3.8) is 0 Å². The van der Waals surface area contributed by atoms with Crippen LogP contribution in [0.2, 0.25) is 0 Å². The van der Waals surface area contributed by atoms with E-state index in [1.54, 1.807) is 0 Å². The van der Waals surface area contributed by atoms with E-state index < -0.39 is 0 Å². The summed E-state index contributed by atoms with van der Waals surface area (Å²) in [6, 6.07) is 11.8. The van der Waals surface area contributed by atoms with Crippen molar-refractivity contribution in [2.45, 2.75) is 32.6 Å². The summed E-state index contributed by atoms with van der Waals surface area (Å²) >= 11 is 0. The molecule has 0 saturated heterocycles. The Morgan fingerprint density at radius 3 is 2.84 bits per heavy atom. The van der Waals surface area contributed by atoms with Crippen LogP contribution >= 0.6 is 0 Å². The lowest BCUT2D eigenvalue weighted by molar-refractivity contribution is 0.294. The van der Waals surface area contributed by atoms with Crippen molar-refractivity contribution in [1.29, 1.82) is 5.26 Å². The summed E-state index contributed by atoms with van der Waals surface area (Å²) < 4.78 is 5.65. The third-order valence-electron chi connectivity index (χ3n) is 3.05. The van der Waals surface area contributed by atoms with Gasteiger partial charge in [0.1, 0.15) is 11.6 Å². The van der Waals surface area contributed by atoms with Gasteiger partial charge < -0.3 is 4.74 Å². The first-order valence-electron chi connectivity index (χ1n) is 6.78. The number of ether oxygens (including phenoxy) is 1. The molecule has 2 aromatic rings. The highest BCUT2D eigenvalue weighted by Crippen LogP contribution is 2.21. The van der Waals surface area contributed by atoms with Gasteiger partial charge in [-0.2, -0.15) is 5.26 Å². The predicted octanol–water partition coefficient (Wildman–Crippen LogP) is 4.07. The third kappa shape index (κ3) is 3.45. The zero-order valence-corrected chi connectivity index (χ0v) is 11.2. The number of aromatic nitrogens is 1. The van der Waals surface area contributed by atoms with E-state index in [1.165, 1.54) is 12.8 Å². The molecular weight excluding hydrogens is 236 g/mol. The third-order valence-corrected chi connectivity index (χ3v) is 3.05. The van der Waals surface area contributed by atoms with Crippen LogP contribution in [0.25, 0.3) is 10.9 Å². The first-order chi connectivity index (χ1) is 9.35. The van der Waals surface area contributed by atoms with Crippen LogP contribution in [-0.4, -0.2) is 11.6 Å². The first-order valence-corrected chi connectivity index (χ1v) is 6.78. The van der Waals surface area contributed by atoms with E-state index in [0.29, 0.717) is 18.1 Å². The molecule has 0 spiro atoms. The molecule has 3 heteroatoms. The molecule has 0 aliphatic heterocycles. The van der Waals surface area contributed by atoms with Gasteiger partial charge in [-0.1, -0.05) is 44.4 Å². The lowest BCUT2D eigenvalue weighted by Crippen LogP contribution is -2.01. The number of benzene rings is 1. The van der Waals surface area contributed by atoms with Crippen molar-refractivity contribution in [2.24, 2.45) is 0 Å². The van der Waals surface area contributed by atoms with Crippen LogP contribution in [0.5, 0.6) is 5.88 Å². The maximum Gasteiger partial charge on any atom is 0.232 e. The smallest absolute Gasteiger partial charge is 0.232 e. The van der Waals surface area contributed by atoms with Crippen LogP contribution in [0.1, 0.15) is 38.2 Å². The molecule has 0 N–H and O–H groups in total. The van der Waals surface area contributed by atoms with Crippen LogP contribution < -0.4 is 4.74 Å². The zero-order chi connectivity index (χ0) is 13.5. The largest absolute Gasteiger partial charge is 0.477 e. The minimum atomic E-state index is 0.456. The molecule has 98 valence electrons. The molecule has 0 atom stereocenters. The summed E-state index contributed by atoms with van der Waals surface area (Å²) in [6.45, 7) is 2.81. The van der Waals surface area contributed by atoms with Crippen molar-refractivity contribution < 1.29 is 4.74 Å². The van der Waals surface area contributed by atoms with Gasteiger partial charge in [-0.05, 0) is 18.6 Å². The van der Waals surface area contributed by atoms with Gasteiger partial charge in [0.25, 0.3) is 0 Å². The molecule has 0 radical (unpaired) electrons. The van der Waals surface area contributed by atoms with Crippen LogP contribution in [0.4, 0.5) is 0 Å². The minimum absolute atomic E-state index is 0.456. The SMILES string of the molecule is CCCCCCOc1nc2ccccc2cc1C#N. The molecule has 2 rings (SSSR count). The molecule has 0 aliphatic rings. The summed E-state index contributed by atoms with van der Waals surface area (Å²) in [4.78, 5) is 4.42. The van der Waals surface area contributed by atoms with E-state index in [4.69, 9.17) is 10.00 Å². The van der Waals surface area contributed by atoms with Crippen molar-refractivity contribution in [1.82, 2.24) is 4.98 Å². The zero-order valence-electron chi connectivity index (χ0n) is 11.2. The van der Waals surface area contributed by atoms with E-state index in [9.17, 15) is 0 Å². The Morgan fingerprint density at radius 2 is 2.05 bits per heavy atom. The molecule has 0 bridgehead atoms. The number of hydrogen-bond donors (Lipinski definition) is 0. The van der Waals surface area contributed by atoms with Crippen molar-refractivity contribution >= 4 is 10.9 Å². The van der Waals surface area contributed by atoms with E-state index in [1.807, 2.05) is 30.3 Å². The molecule has 0 aliphatic carbocycles. The topological polar surface area (TPSA) is 45.9 Å². The van der Waals surface area contributed by atoms with E-state index in [2.05, 4.69) is 18.0 Å².